The third-order valence-corrected chi connectivity index (χ3v) is 4.29. The molecule has 8 heteroatoms. The van der Waals surface area contributed by atoms with Crippen LogP contribution in [0.25, 0.3) is 0 Å². The molecular weight excluding hydrogens is 379 g/mol. The zero-order valence-electron chi connectivity index (χ0n) is 9.59. The Morgan fingerprint density at radius 3 is 2.50 bits per heavy atom. The van der Waals surface area contributed by atoms with Gasteiger partial charge in [0.1, 0.15) is 0 Å². The molecule has 0 bridgehead atoms. The van der Waals surface area contributed by atoms with Gasteiger partial charge in [-0.2, -0.15) is 13.2 Å². The highest BCUT2D eigenvalue weighted by atomic mass is 79.9. The van der Waals surface area contributed by atoms with E-state index in [0.29, 0.717) is 3.79 Å². The first-order valence-corrected chi connectivity index (χ1v) is 7.20. The van der Waals surface area contributed by atoms with E-state index in [2.05, 4.69) is 21.2 Å². The standard InChI is InChI=1S/C12H6BrClF3NOS/c13-9-5-4-8(20-9)11(19)18-10-6(12(15,16)17)2-1-3-7(10)14/h1-5H,(H,18,19). The molecule has 20 heavy (non-hydrogen) atoms. The average Bonchev–Trinajstić information content (AvgIpc) is 2.77. The van der Waals surface area contributed by atoms with Gasteiger partial charge in [-0.15, -0.1) is 11.3 Å². The van der Waals surface area contributed by atoms with Crippen LogP contribution in [-0.4, -0.2) is 5.91 Å². The van der Waals surface area contributed by atoms with Gasteiger partial charge in [-0.1, -0.05) is 17.7 Å². The van der Waals surface area contributed by atoms with E-state index in [-0.39, 0.29) is 9.90 Å². The second kappa shape index (κ2) is 5.75. The monoisotopic (exact) mass is 383 g/mol. The van der Waals surface area contributed by atoms with Crippen LogP contribution in [0.2, 0.25) is 5.02 Å². The number of halogens is 5. The first kappa shape index (κ1) is 15.3. The van der Waals surface area contributed by atoms with Crippen molar-refractivity contribution < 1.29 is 18.0 Å². The van der Waals surface area contributed by atoms with Crippen LogP contribution >= 0.6 is 38.9 Å². The number of thiophene rings is 1. The second-order valence-electron chi connectivity index (χ2n) is 3.72. The van der Waals surface area contributed by atoms with Gasteiger partial charge in [0.2, 0.25) is 0 Å². The minimum Gasteiger partial charge on any atom is -0.319 e. The molecule has 0 fully saturated rings. The van der Waals surface area contributed by atoms with Crippen molar-refractivity contribution in [1.29, 1.82) is 0 Å². The Hall–Kier alpha value is -1.05. The van der Waals surface area contributed by atoms with Gasteiger partial charge in [0.15, 0.2) is 0 Å². The van der Waals surface area contributed by atoms with Gasteiger partial charge in [0.25, 0.3) is 5.91 Å². The van der Waals surface area contributed by atoms with Crippen LogP contribution in [0.15, 0.2) is 34.1 Å². The van der Waals surface area contributed by atoms with E-state index in [1.807, 2.05) is 0 Å². The van der Waals surface area contributed by atoms with Gasteiger partial charge in [0.05, 0.1) is 24.9 Å². The molecule has 1 heterocycles. The Kier molecular flexibility index (Phi) is 4.41. The third-order valence-electron chi connectivity index (χ3n) is 2.35. The molecule has 1 N–H and O–H groups in total. The maximum atomic E-state index is 12.9. The fourth-order valence-electron chi connectivity index (χ4n) is 1.50. The molecule has 0 atom stereocenters. The van der Waals surface area contributed by atoms with Gasteiger partial charge in [-0.3, -0.25) is 4.79 Å². The van der Waals surface area contributed by atoms with Crippen LogP contribution in [0.4, 0.5) is 18.9 Å². The van der Waals surface area contributed by atoms with E-state index in [1.54, 1.807) is 6.07 Å². The fourth-order valence-corrected chi connectivity index (χ4v) is 3.00. The lowest BCUT2D eigenvalue weighted by atomic mass is 10.1. The van der Waals surface area contributed by atoms with E-state index in [1.165, 1.54) is 18.2 Å². The molecule has 0 saturated carbocycles. The highest BCUT2D eigenvalue weighted by Gasteiger charge is 2.34. The van der Waals surface area contributed by atoms with Crippen molar-refractivity contribution in [2.24, 2.45) is 0 Å². The Morgan fingerprint density at radius 2 is 1.95 bits per heavy atom. The van der Waals surface area contributed by atoms with Crippen molar-refractivity contribution in [3.63, 3.8) is 0 Å². The number of carbonyl (C=O) groups excluding carboxylic acids is 1. The molecule has 0 aliphatic carbocycles. The quantitative estimate of drug-likeness (QED) is 0.734. The fraction of sp³-hybridized carbons (Fsp3) is 0.0833. The van der Waals surface area contributed by atoms with Crippen LogP contribution in [-0.2, 0) is 6.18 Å². The summed E-state index contributed by atoms with van der Waals surface area (Å²) in [4.78, 5) is 12.2. The van der Waals surface area contributed by atoms with Gasteiger partial charge in [-0.05, 0) is 40.2 Å². The highest BCUT2D eigenvalue weighted by molar-refractivity contribution is 9.11. The number of carbonyl (C=O) groups is 1. The van der Waals surface area contributed by atoms with Gasteiger partial charge in [0, 0.05) is 0 Å². The van der Waals surface area contributed by atoms with Crippen LogP contribution in [0.3, 0.4) is 0 Å². The third kappa shape index (κ3) is 3.34. The first-order chi connectivity index (χ1) is 9.29. The van der Waals surface area contributed by atoms with Crippen LogP contribution in [0, 0.1) is 0 Å². The number of nitrogens with one attached hydrogen (secondary N) is 1. The molecule has 1 aromatic carbocycles. The minimum absolute atomic E-state index is 0.163. The molecule has 1 amide bonds. The Balaban J connectivity index is 2.36. The number of anilines is 1. The SMILES string of the molecule is O=C(Nc1c(Cl)cccc1C(F)(F)F)c1ccc(Br)s1. The van der Waals surface area contributed by atoms with Crippen molar-refractivity contribution >= 4 is 50.5 Å². The van der Waals surface area contributed by atoms with Crippen LogP contribution < -0.4 is 5.32 Å². The number of amides is 1. The van der Waals surface area contributed by atoms with Crippen LogP contribution in [0.5, 0.6) is 0 Å². The van der Waals surface area contributed by atoms with Gasteiger partial charge >= 0.3 is 6.18 Å². The molecule has 2 aromatic rings. The molecule has 0 aliphatic rings. The van der Waals surface area contributed by atoms with E-state index in [4.69, 9.17) is 11.6 Å². The maximum absolute atomic E-state index is 12.9. The Morgan fingerprint density at radius 1 is 1.25 bits per heavy atom. The summed E-state index contributed by atoms with van der Waals surface area (Å²) in [6, 6.07) is 6.48. The lowest BCUT2D eigenvalue weighted by Crippen LogP contribution is -2.16. The lowest BCUT2D eigenvalue weighted by Gasteiger charge is -2.14. The van der Waals surface area contributed by atoms with E-state index in [9.17, 15) is 18.0 Å². The van der Waals surface area contributed by atoms with Gasteiger partial charge < -0.3 is 5.32 Å². The lowest BCUT2D eigenvalue weighted by molar-refractivity contribution is -0.136. The highest BCUT2D eigenvalue weighted by Crippen LogP contribution is 2.38. The predicted octanol–water partition coefficient (Wildman–Crippen LogP) is 5.44. The van der Waals surface area contributed by atoms with E-state index >= 15 is 0 Å². The summed E-state index contributed by atoms with van der Waals surface area (Å²) >= 11 is 10.0. The summed E-state index contributed by atoms with van der Waals surface area (Å²) in [7, 11) is 0. The van der Waals surface area contributed by atoms with Gasteiger partial charge in [-0.25, -0.2) is 0 Å². The summed E-state index contributed by atoms with van der Waals surface area (Å²) in [5.74, 6) is -0.640. The molecule has 1 aromatic heterocycles. The summed E-state index contributed by atoms with van der Waals surface area (Å²) in [6.45, 7) is 0. The van der Waals surface area contributed by atoms with Crippen molar-refractivity contribution in [2.75, 3.05) is 5.32 Å². The normalized spacial score (nSPS) is 11.4. The molecule has 0 radical (unpaired) electrons. The largest absolute Gasteiger partial charge is 0.418 e. The topological polar surface area (TPSA) is 29.1 Å². The number of benzene rings is 1. The molecule has 106 valence electrons. The summed E-state index contributed by atoms with van der Waals surface area (Å²) in [5.41, 5.74) is -1.41. The number of hydrogen-bond donors (Lipinski definition) is 1. The molecule has 0 aliphatic heterocycles. The molecule has 0 spiro atoms. The first-order valence-electron chi connectivity index (χ1n) is 5.21. The maximum Gasteiger partial charge on any atom is 0.418 e. The van der Waals surface area contributed by atoms with Crippen molar-refractivity contribution in [3.05, 3.63) is 49.6 Å². The van der Waals surface area contributed by atoms with Crippen molar-refractivity contribution in [2.45, 2.75) is 6.18 Å². The summed E-state index contributed by atoms with van der Waals surface area (Å²) < 4.78 is 39.3. The Bertz CT molecular complexity index is 656. The summed E-state index contributed by atoms with van der Waals surface area (Å²) in [5, 5.41) is 2.05. The van der Waals surface area contributed by atoms with E-state index < -0.39 is 23.3 Å². The molecule has 0 saturated heterocycles. The predicted molar refractivity (Wildman–Crippen MR) is 76.4 cm³/mol. The molecule has 2 rings (SSSR count). The number of hydrogen-bond acceptors (Lipinski definition) is 2. The zero-order chi connectivity index (χ0) is 14.9. The molecular formula is C12H6BrClF3NOS. The summed E-state index contributed by atoms with van der Waals surface area (Å²) in [6.07, 6.45) is -4.59. The number of para-hydroxylation sites is 1. The molecule has 2 nitrogen and oxygen atoms in total. The Labute approximate surface area is 129 Å². The number of rotatable bonds is 2. The smallest absolute Gasteiger partial charge is 0.319 e. The van der Waals surface area contributed by atoms with Crippen molar-refractivity contribution in [3.8, 4) is 0 Å². The number of alkyl halides is 3. The average molecular weight is 385 g/mol. The van der Waals surface area contributed by atoms with E-state index in [0.717, 1.165) is 17.4 Å². The van der Waals surface area contributed by atoms with Crippen molar-refractivity contribution in [1.82, 2.24) is 0 Å². The minimum atomic E-state index is -4.59. The molecule has 0 unspecified atom stereocenters. The second-order valence-corrected chi connectivity index (χ2v) is 6.59. The zero-order valence-corrected chi connectivity index (χ0v) is 12.8. The van der Waals surface area contributed by atoms with Crippen LogP contribution in [0.1, 0.15) is 15.2 Å².